The van der Waals surface area contributed by atoms with E-state index in [1.54, 1.807) is 13.1 Å². The molecule has 9 nitrogen and oxygen atoms in total. The molecule has 2 atom stereocenters. The summed E-state index contributed by atoms with van der Waals surface area (Å²) in [5.41, 5.74) is 1.54. The van der Waals surface area contributed by atoms with Gasteiger partial charge in [-0.1, -0.05) is 0 Å². The average Bonchev–Trinajstić information content (AvgIpc) is 3.14. The zero-order chi connectivity index (χ0) is 18.8. The van der Waals surface area contributed by atoms with Crippen LogP contribution in [0, 0.1) is 17.0 Å². The summed E-state index contributed by atoms with van der Waals surface area (Å²) in [6, 6.07) is 4.16. The van der Waals surface area contributed by atoms with E-state index in [1.807, 2.05) is 12.1 Å². The van der Waals surface area contributed by atoms with Crippen molar-refractivity contribution in [1.29, 1.82) is 0 Å². The molecule has 138 valence electrons. The maximum atomic E-state index is 12.5. The molecule has 1 amide bonds. The van der Waals surface area contributed by atoms with Crippen molar-refractivity contribution in [1.82, 2.24) is 14.8 Å². The first-order valence-corrected chi connectivity index (χ1v) is 9.12. The van der Waals surface area contributed by atoms with Crippen LogP contribution in [0.15, 0.2) is 22.8 Å². The molecule has 1 fully saturated rings. The number of nitro groups is 1. The maximum absolute atomic E-state index is 12.5. The van der Waals surface area contributed by atoms with Gasteiger partial charge in [0.15, 0.2) is 0 Å². The van der Waals surface area contributed by atoms with Gasteiger partial charge < -0.3 is 20.3 Å². The zero-order valence-corrected chi connectivity index (χ0v) is 16.1. The number of nitrogens with one attached hydrogen (secondary N) is 2. The Labute approximate surface area is 158 Å². The zero-order valence-electron chi connectivity index (χ0n) is 14.5. The number of carbonyl (C=O) groups excluding carboxylic acids is 1. The molecule has 1 saturated heterocycles. The second kappa shape index (κ2) is 7.50. The minimum absolute atomic E-state index is 0.123. The number of rotatable bonds is 5. The van der Waals surface area contributed by atoms with Gasteiger partial charge in [0, 0.05) is 19.0 Å². The lowest BCUT2D eigenvalue weighted by atomic mass is 10.1. The Morgan fingerprint density at radius 3 is 2.96 bits per heavy atom. The number of aromatic nitrogens is 3. The van der Waals surface area contributed by atoms with Gasteiger partial charge in [-0.15, -0.1) is 0 Å². The number of pyridine rings is 1. The van der Waals surface area contributed by atoms with Gasteiger partial charge in [-0.25, -0.2) is 4.98 Å². The Kier molecular flexibility index (Phi) is 5.33. The van der Waals surface area contributed by atoms with Crippen molar-refractivity contribution in [2.24, 2.45) is 0 Å². The molecule has 0 spiro atoms. The lowest BCUT2D eigenvalue weighted by Crippen LogP contribution is -3.07. The predicted molar refractivity (Wildman–Crippen MR) is 97.9 cm³/mol. The third kappa shape index (κ3) is 3.61. The van der Waals surface area contributed by atoms with E-state index >= 15 is 0 Å². The smallest absolute Gasteiger partial charge is 0.358 e. The number of quaternary nitrogens is 1. The number of halogens is 1. The van der Waals surface area contributed by atoms with Crippen LogP contribution >= 0.6 is 15.9 Å². The summed E-state index contributed by atoms with van der Waals surface area (Å²) >= 11 is 3.15. The fraction of sp³-hybridized carbons (Fsp3) is 0.438. The number of nitrogens with zero attached hydrogens (tertiary/aromatic N) is 4. The monoisotopic (exact) mass is 423 g/mol. The minimum atomic E-state index is -0.582. The molecule has 1 aliphatic heterocycles. The molecule has 26 heavy (non-hydrogen) atoms. The Bertz CT molecular complexity index is 853. The van der Waals surface area contributed by atoms with Crippen LogP contribution in [0.4, 0.5) is 11.6 Å². The lowest BCUT2D eigenvalue weighted by molar-refractivity contribution is -0.898. The molecule has 0 saturated carbocycles. The highest BCUT2D eigenvalue weighted by atomic mass is 79.9. The predicted octanol–water partition coefficient (Wildman–Crippen LogP) is 1.25. The van der Waals surface area contributed by atoms with Crippen molar-refractivity contribution in [3.8, 4) is 0 Å². The Balaban J connectivity index is 1.77. The highest BCUT2D eigenvalue weighted by Crippen LogP contribution is 2.27. The first-order chi connectivity index (χ1) is 12.4. The van der Waals surface area contributed by atoms with Crippen LogP contribution in [0.5, 0.6) is 0 Å². The van der Waals surface area contributed by atoms with Gasteiger partial charge in [-0.3, -0.25) is 4.79 Å². The van der Waals surface area contributed by atoms with E-state index in [0.29, 0.717) is 17.6 Å². The summed E-state index contributed by atoms with van der Waals surface area (Å²) in [5.74, 6) is -0.0827. The summed E-state index contributed by atoms with van der Waals surface area (Å²) in [7, 11) is 2.14. The van der Waals surface area contributed by atoms with Crippen LogP contribution in [-0.4, -0.2) is 39.2 Å². The molecule has 0 aromatic carbocycles. The molecule has 0 radical (unpaired) electrons. The third-order valence-electron chi connectivity index (χ3n) is 4.71. The summed E-state index contributed by atoms with van der Waals surface area (Å²) in [5, 5.41) is 17.7. The van der Waals surface area contributed by atoms with E-state index in [2.05, 4.69) is 38.4 Å². The van der Waals surface area contributed by atoms with E-state index in [1.165, 1.54) is 9.58 Å². The van der Waals surface area contributed by atoms with E-state index in [-0.39, 0.29) is 22.7 Å². The highest BCUT2D eigenvalue weighted by Gasteiger charge is 2.30. The molecule has 0 aliphatic carbocycles. The van der Waals surface area contributed by atoms with E-state index in [0.717, 1.165) is 24.9 Å². The number of likely N-dealkylation sites (tertiary alicyclic amines) is 1. The quantitative estimate of drug-likeness (QED) is 0.555. The summed E-state index contributed by atoms with van der Waals surface area (Å²) in [4.78, 5) is 28.6. The minimum Gasteiger partial charge on any atom is -0.358 e. The second-order valence-corrected chi connectivity index (χ2v) is 7.21. The SMILES string of the molecule is Cc1c(Br)c([N+](=O)[O-])nn1CC(=O)Nc1ncccc1[C@H]1CCC[NH+]1C. The van der Waals surface area contributed by atoms with Crippen LogP contribution in [0.2, 0.25) is 0 Å². The Morgan fingerprint density at radius 2 is 2.35 bits per heavy atom. The van der Waals surface area contributed by atoms with Crippen LogP contribution in [-0.2, 0) is 11.3 Å². The summed E-state index contributed by atoms with van der Waals surface area (Å²) < 4.78 is 1.60. The van der Waals surface area contributed by atoms with E-state index in [4.69, 9.17) is 0 Å². The molecule has 3 heterocycles. The molecule has 10 heteroatoms. The number of hydrogen-bond acceptors (Lipinski definition) is 5. The number of anilines is 1. The largest absolute Gasteiger partial charge is 0.404 e. The first kappa shape index (κ1) is 18.5. The van der Waals surface area contributed by atoms with Gasteiger partial charge in [-0.05, 0) is 39.9 Å². The van der Waals surface area contributed by atoms with Crippen molar-refractivity contribution < 1.29 is 14.6 Å². The van der Waals surface area contributed by atoms with Crippen LogP contribution in [0.25, 0.3) is 0 Å². The van der Waals surface area contributed by atoms with Crippen molar-refractivity contribution >= 4 is 33.5 Å². The molecule has 2 N–H and O–H groups in total. The average molecular weight is 424 g/mol. The fourth-order valence-electron chi connectivity index (χ4n) is 3.32. The Hall–Kier alpha value is -2.33. The highest BCUT2D eigenvalue weighted by molar-refractivity contribution is 9.10. The van der Waals surface area contributed by atoms with Gasteiger partial charge in [0.2, 0.25) is 5.91 Å². The Morgan fingerprint density at radius 1 is 1.58 bits per heavy atom. The molecular weight excluding hydrogens is 404 g/mol. The van der Waals surface area contributed by atoms with Gasteiger partial charge in [0.1, 0.15) is 22.9 Å². The van der Waals surface area contributed by atoms with E-state index < -0.39 is 4.92 Å². The fourth-order valence-corrected chi connectivity index (χ4v) is 3.75. The number of amides is 1. The van der Waals surface area contributed by atoms with Gasteiger partial charge in [0.25, 0.3) is 0 Å². The molecule has 3 rings (SSSR count). The summed E-state index contributed by atoms with van der Waals surface area (Å²) in [6.07, 6.45) is 3.84. The van der Waals surface area contributed by atoms with Crippen LogP contribution < -0.4 is 10.2 Å². The molecule has 1 aliphatic rings. The molecule has 2 aromatic rings. The summed E-state index contributed by atoms with van der Waals surface area (Å²) in [6.45, 7) is 2.64. The second-order valence-electron chi connectivity index (χ2n) is 6.42. The van der Waals surface area contributed by atoms with Crippen molar-refractivity contribution in [2.75, 3.05) is 18.9 Å². The van der Waals surface area contributed by atoms with Gasteiger partial charge in [0.05, 0.1) is 29.9 Å². The number of hydrogen-bond donors (Lipinski definition) is 2. The molecule has 0 bridgehead atoms. The first-order valence-electron chi connectivity index (χ1n) is 8.33. The number of carbonyl (C=O) groups is 1. The maximum Gasteiger partial charge on any atom is 0.404 e. The van der Waals surface area contributed by atoms with Crippen molar-refractivity contribution in [3.05, 3.63) is 44.2 Å². The lowest BCUT2D eigenvalue weighted by Gasteiger charge is -2.19. The molecule has 2 aromatic heterocycles. The van der Waals surface area contributed by atoms with Gasteiger partial charge in [-0.2, -0.15) is 4.68 Å². The molecular formula is C16H20BrN6O3+. The van der Waals surface area contributed by atoms with E-state index in [9.17, 15) is 14.9 Å². The van der Waals surface area contributed by atoms with Crippen LogP contribution in [0.1, 0.15) is 30.1 Å². The topological polar surface area (TPSA) is 107 Å². The third-order valence-corrected chi connectivity index (χ3v) is 5.64. The standard InChI is InChI=1S/C16H19BrN6O3/c1-10-14(17)16(23(25)26)20-22(10)9-13(24)19-15-11(5-3-7-18-15)12-6-4-8-21(12)2/h3,5,7,12H,4,6,8-9H2,1-2H3,(H,18,19,24)/p+1/t12-/m1/s1. The normalized spacial score (nSPS) is 19.5. The molecule has 1 unspecified atom stereocenters. The van der Waals surface area contributed by atoms with Crippen LogP contribution in [0.3, 0.4) is 0 Å². The van der Waals surface area contributed by atoms with Crippen molar-refractivity contribution in [2.45, 2.75) is 32.4 Å². The van der Waals surface area contributed by atoms with Crippen molar-refractivity contribution in [3.63, 3.8) is 0 Å². The van der Waals surface area contributed by atoms with Gasteiger partial charge >= 0.3 is 5.82 Å².